The van der Waals surface area contributed by atoms with Crippen LogP contribution < -0.4 is 15.1 Å². The van der Waals surface area contributed by atoms with Crippen molar-refractivity contribution in [1.82, 2.24) is 10.2 Å². The van der Waals surface area contributed by atoms with Gasteiger partial charge < -0.3 is 19.9 Å². The Morgan fingerprint density at radius 1 is 1.37 bits per heavy atom. The topological polar surface area (TPSA) is 88.9 Å². The Labute approximate surface area is 180 Å². The largest absolute Gasteiger partial charge is 0.442 e. The molecule has 1 aromatic carbocycles. The molecule has 0 bridgehead atoms. The number of hydrogen-bond donors (Lipinski definition) is 1. The Morgan fingerprint density at radius 2 is 2.10 bits per heavy atom. The number of benzene rings is 1. The van der Waals surface area contributed by atoms with E-state index >= 15 is 0 Å². The Balaban J connectivity index is 1.61. The van der Waals surface area contributed by atoms with Gasteiger partial charge in [-0.05, 0) is 24.6 Å². The molecule has 0 aromatic heterocycles. The molecule has 2 amide bonds. The van der Waals surface area contributed by atoms with Gasteiger partial charge in [0, 0.05) is 26.2 Å². The van der Waals surface area contributed by atoms with E-state index in [0.29, 0.717) is 62.1 Å². The van der Waals surface area contributed by atoms with Gasteiger partial charge in [-0.3, -0.25) is 9.69 Å². The van der Waals surface area contributed by atoms with Gasteiger partial charge in [-0.2, -0.15) is 5.26 Å². The van der Waals surface area contributed by atoms with Gasteiger partial charge in [0.05, 0.1) is 35.5 Å². The second kappa shape index (κ2) is 9.71. The molecule has 10 heteroatoms. The summed E-state index contributed by atoms with van der Waals surface area (Å²) in [7, 11) is 0. The average Bonchev–Trinajstić information content (AvgIpc) is 3.12. The van der Waals surface area contributed by atoms with E-state index in [0.717, 1.165) is 0 Å². The number of piperazine rings is 1. The molecule has 30 heavy (non-hydrogen) atoms. The number of carbonyl (C=O) groups excluding carboxylic acids is 2. The highest BCUT2D eigenvalue weighted by Crippen LogP contribution is 2.28. The fraction of sp³-hybridized carbons (Fsp3) is 0.500. The van der Waals surface area contributed by atoms with Crippen molar-refractivity contribution in [2.45, 2.75) is 25.9 Å². The van der Waals surface area contributed by atoms with Gasteiger partial charge in [-0.1, -0.05) is 19.1 Å². The van der Waals surface area contributed by atoms with Crippen LogP contribution in [0.1, 0.15) is 19.8 Å². The van der Waals surface area contributed by atoms with E-state index < -0.39 is 11.9 Å². The molecule has 160 valence electrons. The van der Waals surface area contributed by atoms with E-state index in [2.05, 4.69) is 5.32 Å². The summed E-state index contributed by atoms with van der Waals surface area (Å²) in [5, 5.41) is 11.7. The van der Waals surface area contributed by atoms with E-state index in [9.17, 15) is 14.0 Å². The average molecular weight is 434 g/mol. The lowest BCUT2D eigenvalue weighted by molar-refractivity contribution is -0.130. The molecule has 2 heterocycles. The molecule has 8 nitrogen and oxygen atoms in total. The number of anilines is 2. The number of nitriles is 1. The number of hydrogen-bond acceptors (Lipinski definition) is 6. The first-order chi connectivity index (χ1) is 14.4. The Kier molecular flexibility index (Phi) is 7.05. The van der Waals surface area contributed by atoms with Gasteiger partial charge in [0.2, 0.25) is 5.91 Å². The SMILES string of the molecule is CCC(=S)NCC1CN(c2ccc(N3CCN(C(=O)CC#N)CC3)c(F)c2)C(=O)O1. The van der Waals surface area contributed by atoms with Crippen LogP contribution in [0.25, 0.3) is 0 Å². The molecule has 2 fully saturated rings. The summed E-state index contributed by atoms with van der Waals surface area (Å²) in [5.41, 5.74) is 0.856. The molecule has 1 aromatic rings. The van der Waals surface area contributed by atoms with Crippen LogP contribution in [0.15, 0.2) is 18.2 Å². The molecule has 1 N–H and O–H groups in total. The zero-order chi connectivity index (χ0) is 21.7. The maximum Gasteiger partial charge on any atom is 0.414 e. The molecule has 1 atom stereocenters. The van der Waals surface area contributed by atoms with E-state index in [4.69, 9.17) is 22.2 Å². The van der Waals surface area contributed by atoms with E-state index in [1.165, 1.54) is 11.0 Å². The van der Waals surface area contributed by atoms with E-state index in [1.54, 1.807) is 17.0 Å². The molecule has 0 radical (unpaired) electrons. The number of nitrogens with one attached hydrogen (secondary N) is 1. The Bertz CT molecular complexity index is 866. The molecule has 3 rings (SSSR count). The summed E-state index contributed by atoms with van der Waals surface area (Å²) in [5.74, 6) is -0.643. The minimum absolute atomic E-state index is 0.143. The number of halogens is 1. The zero-order valence-electron chi connectivity index (χ0n) is 16.8. The summed E-state index contributed by atoms with van der Waals surface area (Å²) in [6.45, 7) is 4.51. The van der Waals surface area contributed by atoms with Gasteiger partial charge in [0.25, 0.3) is 0 Å². The fourth-order valence-corrected chi connectivity index (χ4v) is 3.57. The van der Waals surface area contributed by atoms with Crippen LogP contribution in [0.5, 0.6) is 0 Å². The molecule has 0 spiro atoms. The van der Waals surface area contributed by atoms with Gasteiger partial charge in [0.15, 0.2) is 0 Å². The third-order valence-electron chi connectivity index (χ3n) is 5.17. The van der Waals surface area contributed by atoms with Gasteiger partial charge in [-0.15, -0.1) is 0 Å². The molecule has 0 saturated carbocycles. The highest BCUT2D eigenvalue weighted by atomic mass is 32.1. The standard InChI is InChI=1S/C20H24FN5O3S/c1-2-18(30)23-12-15-13-26(20(28)29-15)14-3-4-17(16(21)11-14)24-7-9-25(10-8-24)19(27)5-6-22/h3-4,11,15H,2,5,7-10,12-13H2,1H3,(H,23,30). The normalized spacial score (nSPS) is 18.8. The first kappa shape index (κ1) is 21.8. The van der Waals surface area contributed by atoms with Gasteiger partial charge in [0.1, 0.15) is 18.3 Å². The van der Waals surface area contributed by atoms with Crippen LogP contribution >= 0.6 is 12.2 Å². The van der Waals surface area contributed by atoms with Crippen molar-refractivity contribution in [3.05, 3.63) is 24.0 Å². The predicted molar refractivity (Wildman–Crippen MR) is 114 cm³/mol. The number of rotatable bonds is 6. The minimum Gasteiger partial charge on any atom is -0.442 e. The summed E-state index contributed by atoms with van der Waals surface area (Å²) < 4.78 is 20.2. The highest BCUT2D eigenvalue weighted by molar-refractivity contribution is 7.80. The van der Waals surface area contributed by atoms with Crippen molar-refractivity contribution in [2.75, 3.05) is 49.1 Å². The van der Waals surface area contributed by atoms with Crippen molar-refractivity contribution < 1.29 is 18.7 Å². The third kappa shape index (κ3) is 4.97. The third-order valence-corrected chi connectivity index (χ3v) is 5.60. The number of ether oxygens (including phenoxy) is 1. The number of thiocarbonyl (C=S) groups is 1. The maximum atomic E-state index is 14.8. The van der Waals surface area contributed by atoms with Crippen molar-refractivity contribution in [1.29, 1.82) is 5.26 Å². The molecule has 2 aliphatic rings. The van der Waals surface area contributed by atoms with Crippen molar-refractivity contribution in [2.24, 2.45) is 0 Å². The van der Waals surface area contributed by atoms with E-state index in [-0.39, 0.29) is 18.4 Å². The number of carbonyl (C=O) groups is 2. The van der Waals surface area contributed by atoms with Crippen molar-refractivity contribution in [3.63, 3.8) is 0 Å². The smallest absolute Gasteiger partial charge is 0.414 e. The zero-order valence-corrected chi connectivity index (χ0v) is 17.6. The fourth-order valence-electron chi connectivity index (χ4n) is 3.49. The lowest BCUT2D eigenvalue weighted by atomic mass is 10.2. The van der Waals surface area contributed by atoms with Crippen molar-refractivity contribution >= 4 is 40.6 Å². The summed E-state index contributed by atoms with van der Waals surface area (Å²) >= 11 is 5.11. The number of cyclic esters (lactones) is 1. The first-order valence-electron chi connectivity index (χ1n) is 9.87. The number of nitrogens with zero attached hydrogens (tertiary/aromatic N) is 4. The highest BCUT2D eigenvalue weighted by Gasteiger charge is 2.33. The number of amides is 2. The molecule has 0 aliphatic carbocycles. The van der Waals surface area contributed by atoms with Crippen LogP contribution in [0, 0.1) is 17.1 Å². The van der Waals surface area contributed by atoms with Crippen molar-refractivity contribution in [3.8, 4) is 6.07 Å². The summed E-state index contributed by atoms with van der Waals surface area (Å²) in [6, 6.07) is 6.52. The molecule has 2 saturated heterocycles. The van der Waals surface area contributed by atoms with Gasteiger partial charge in [-0.25, -0.2) is 9.18 Å². The second-order valence-corrected chi connectivity index (χ2v) is 7.61. The molecule has 1 unspecified atom stereocenters. The summed E-state index contributed by atoms with van der Waals surface area (Å²) in [6.07, 6.45) is -0.298. The Hall–Kier alpha value is -2.93. The minimum atomic E-state index is -0.513. The second-order valence-electron chi connectivity index (χ2n) is 7.11. The maximum absolute atomic E-state index is 14.8. The molecular weight excluding hydrogens is 409 g/mol. The molecule has 2 aliphatic heterocycles. The van der Waals surface area contributed by atoms with Crippen LogP contribution in [0.4, 0.5) is 20.6 Å². The first-order valence-corrected chi connectivity index (χ1v) is 10.3. The lowest BCUT2D eigenvalue weighted by Crippen LogP contribution is -2.49. The van der Waals surface area contributed by atoms with Crippen LogP contribution in [0.2, 0.25) is 0 Å². The van der Waals surface area contributed by atoms with Crippen LogP contribution in [-0.4, -0.2) is 67.3 Å². The van der Waals surface area contributed by atoms with E-state index in [1.807, 2.05) is 17.9 Å². The Morgan fingerprint density at radius 3 is 2.73 bits per heavy atom. The monoisotopic (exact) mass is 433 g/mol. The quantitative estimate of drug-likeness (QED) is 0.687. The van der Waals surface area contributed by atoms with Gasteiger partial charge >= 0.3 is 6.09 Å². The lowest BCUT2D eigenvalue weighted by Gasteiger charge is -2.36. The molecular formula is C20H24FN5O3S. The summed E-state index contributed by atoms with van der Waals surface area (Å²) in [4.78, 5) is 29.6. The predicted octanol–water partition coefficient (Wildman–Crippen LogP) is 2.04. The van der Waals surface area contributed by atoms with Crippen LogP contribution in [-0.2, 0) is 9.53 Å². The van der Waals surface area contributed by atoms with Crippen LogP contribution in [0.3, 0.4) is 0 Å².